The minimum absolute atomic E-state index is 0.666. The first-order chi connectivity index (χ1) is 9.78. The van der Waals surface area contributed by atoms with Gasteiger partial charge in [-0.3, -0.25) is 4.98 Å². The summed E-state index contributed by atoms with van der Waals surface area (Å²) < 4.78 is 2.06. The van der Waals surface area contributed by atoms with Crippen molar-refractivity contribution in [3.05, 3.63) is 59.7 Å². The van der Waals surface area contributed by atoms with E-state index >= 15 is 0 Å². The van der Waals surface area contributed by atoms with Crippen molar-refractivity contribution in [1.29, 1.82) is 5.26 Å². The average Bonchev–Trinajstić information content (AvgIpc) is 2.82. The predicted molar refractivity (Wildman–Crippen MR) is 77.1 cm³/mol. The molecule has 4 nitrogen and oxygen atoms in total. The van der Waals surface area contributed by atoms with Crippen molar-refractivity contribution in [2.24, 2.45) is 7.05 Å². The fourth-order valence-corrected chi connectivity index (χ4v) is 2.34. The Labute approximate surface area is 117 Å². The molecule has 3 aromatic rings. The highest BCUT2D eigenvalue weighted by atomic mass is 15.1. The van der Waals surface area contributed by atoms with Gasteiger partial charge in [0.05, 0.1) is 22.7 Å². The summed E-state index contributed by atoms with van der Waals surface area (Å²) in [6, 6.07) is 11.8. The van der Waals surface area contributed by atoms with Gasteiger partial charge in [0.15, 0.2) is 0 Å². The largest absolute Gasteiger partial charge is 0.331 e. The molecule has 20 heavy (non-hydrogen) atoms. The molecule has 2 aromatic heterocycles. The molecule has 0 aliphatic rings. The van der Waals surface area contributed by atoms with Crippen molar-refractivity contribution < 1.29 is 0 Å². The van der Waals surface area contributed by atoms with E-state index in [2.05, 4.69) is 26.7 Å². The van der Waals surface area contributed by atoms with Crippen LogP contribution in [0.2, 0.25) is 0 Å². The Kier molecular flexibility index (Phi) is 3.18. The average molecular weight is 262 g/mol. The number of benzene rings is 1. The number of aryl methyl sites for hydroxylation is 3. The third-order valence-corrected chi connectivity index (χ3v) is 3.46. The van der Waals surface area contributed by atoms with Crippen LogP contribution in [-0.4, -0.2) is 14.5 Å². The smallest absolute Gasteiger partial charge is 0.109 e. The molecule has 0 spiro atoms. The first-order valence-corrected chi connectivity index (χ1v) is 6.52. The van der Waals surface area contributed by atoms with Gasteiger partial charge >= 0.3 is 0 Å². The molecule has 4 heteroatoms. The van der Waals surface area contributed by atoms with Gasteiger partial charge in [0, 0.05) is 25.9 Å². The van der Waals surface area contributed by atoms with Gasteiger partial charge in [0.1, 0.15) is 5.82 Å². The Balaban J connectivity index is 1.89. The number of aromatic nitrogens is 3. The van der Waals surface area contributed by atoms with Gasteiger partial charge in [-0.05, 0) is 36.2 Å². The summed E-state index contributed by atoms with van der Waals surface area (Å²) >= 11 is 0. The molecule has 0 amide bonds. The molecule has 0 bridgehead atoms. The van der Waals surface area contributed by atoms with Crippen LogP contribution in [0.5, 0.6) is 0 Å². The van der Waals surface area contributed by atoms with Gasteiger partial charge in [0.2, 0.25) is 0 Å². The maximum atomic E-state index is 8.96. The number of fused-ring (bicyclic) bond motifs is 1. The molecular weight excluding hydrogens is 248 g/mol. The van der Waals surface area contributed by atoms with E-state index in [0.29, 0.717) is 5.56 Å². The molecule has 0 aliphatic heterocycles. The number of nitrogens with zero attached hydrogens (tertiary/aromatic N) is 4. The van der Waals surface area contributed by atoms with Crippen molar-refractivity contribution in [1.82, 2.24) is 14.5 Å². The van der Waals surface area contributed by atoms with Gasteiger partial charge in [-0.1, -0.05) is 6.07 Å². The van der Waals surface area contributed by atoms with E-state index in [1.165, 1.54) is 5.56 Å². The molecule has 98 valence electrons. The number of hydrogen-bond acceptors (Lipinski definition) is 3. The topological polar surface area (TPSA) is 54.5 Å². The SMILES string of the molecule is Cn1c(CCc2cccnc2)nc2ccc(C#N)cc21. The standard InChI is InChI=1S/C16H14N4/c1-20-15-9-13(10-17)4-6-14(15)19-16(20)7-5-12-3-2-8-18-11-12/h2-4,6,8-9,11H,5,7H2,1H3. The van der Waals surface area contributed by atoms with Gasteiger partial charge in [-0.2, -0.15) is 5.26 Å². The molecular formula is C16H14N4. The molecule has 0 unspecified atom stereocenters. The summed E-state index contributed by atoms with van der Waals surface area (Å²) in [6.45, 7) is 0. The second-order valence-electron chi connectivity index (χ2n) is 4.76. The van der Waals surface area contributed by atoms with E-state index in [-0.39, 0.29) is 0 Å². The molecule has 0 radical (unpaired) electrons. The van der Waals surface area contributed by atoms with Crippen molar-refractivity contribution >= 4 is 11.0 Å². The Morgan fingerprint density at radius 2 is 2.15 bits per heavy atom. The Morgan fingerprint density at radius 3 is 2.90 bits per heavy atom. The van der Waals surface area contributed by atoms with E-state index < -0.39 is 0 Å². The molecule has 0 N–H and O–H groups in total. The lowest BCUT2D eigenvalue weighted by molar-refractivity contribution is 0.785. The van der Waals surface area contributed by atoms with Gasteiger partial charge in [-0.15, -0.1) is 0 Å². The van der Waals surface area contributed by atoms with Gasteiger partial charge in [0.25, 0.3) is 0 Å². The van der Waals surface area contributed by atoms with Crippen molar-refractivity contribution in [2.75, 3.05) is 0 Å². The van der Waals surface area contributed by atoms with Gasteiger partial charge < -0.3 is 4.57 Å². The van der Waals surface area contributed by atoms with Crippen LogP contribution < -0.4 is 0 Å². The monoisotopic (exact) mass is 262 g/mol. The lowest BCUT2D eigenvalue weighted by Crippen LogP contribution is -2.00. The molecule has 0 fully saturated rings. The zero-order chi connectivity index (χ0) is 13.9. The Hall–Kier alpha value is -2.67. The predicted octanol–water partition coefficient (Wildman–Crippen LogP) is 2.63. The van der Waals surface area contributed by atoms with E-state index in [0.717, 1.165) is 29.7 Å². The second-order valence-corrected chi connectivity index (χ2v) is 4.76. The number of rotatable bonds is 3. The van der Waals surface area contributed by atoms with Crippen LogP contribution in [0, 0.1) is 11.3 Å². The maximum absolute atomic E-state index is 8.96. The highest BCUT2D eigenvalue weighted by molar-refractivity contribution is 5.77. The summed E-state index contributed by atoms with van der Waals surface area (Å²) in [5, 5.41) is 8.96. The molecule has 3 rings (SSSR count). The van der Waals surface area contributed by atoms with Crippen LogP contribution in [0.1, 0.15) is 17.0 Å². The zero-order valence-corrected chi connectivity index (χ0v) is 11.2. The highest BCUT2D eigenvalue weighted by Gasteiger charge is 2.08. The molecule has 2 heterocycles. The summed E-state index contributed by atoms with van der Waals surface area (Å²) in [6.07, 6.45) is 5.44. The lowest BCUT2D eigenvalue weighted by Gasteiger charge is -2.02. The summed E-state index contributed by atoms with van der Waals surface area (Å²) in [4.78, 5) is 8.76. The Morgan fingerprint density at radius 1 is 1.25 bits per heavy atom. The van der Waals surface area contributed by atoms with Crippen LogP contribution in [0.3, 0.4) is 0 Å². The van der Waals surface area contributed by atoms with Crippen molar-refractivity contribution in [3.63, 3.8) is 0 Å². The Bertz CT molecular complexity index is 781. The molecule has 0 aliphatic carbocycles. The zero-order valence-electron chi connectivity index (χ0n) is 11.2. The first-order valence-electron chi connectivity index (χ1n) is 6.52. The fourth-order valence-electron chi connectivity index (χ4n) is 2.34. The summed E-state index contributed by atoms with van der Waals surface area (Å²) in [7, 11) is 2.00. The van der Waals surface area contributed by atoms with E-state index in [9.17, 15) is 0 Å². The van der Waals surface area contributed by atoms with E-state index in [1.54, 1.807) is 12.3 Å². The minimum atomic E-state index is 0.666. The van der Waals surface area contributed by atoms with Crippen molar-refractivity contribution in [3.8, 4) is 6.07 Å². The third-order valence-electron chi connectivity index (χ3n) is 3.46. The quantitative estimate of drug-likeness (QED) is 0.729. The fraction of sp³-hybridized carbons (Fsp3) is 0.188. The number of imidazole rings is 1. The van der Waals surface area contributed by atoms with Crippen LogP contribution in [-0.2, 0) is 19.9 Å². The molecule has 1 aromatic carbocycles. The molecule has 0 atom stereocenters. The molecule has 0 saturated carbocycles. The minimum Gasteiger partial charge on any atom is -0.331 e. The first kappa shape index (κ1) is 12.4. The van der Waals surface area contributed by atoms with Crippen LogP contribution in [0.4, 0.5) is 0 Å². The van der Waals surface area contributed by atoms with E-state index in [4.69, 9.17) is 5.26 Å². The number of pyridine rings is 1. The lowest BCUT2D eigenvalue weighted by atomic mass is 10.1. The molecule has 0 saturated heterocycles. The van der Waals surface area contributed by atoms with Crippen LogP contribution >= 0.6 is 0 Å². The van der Waals surface area contributed by atoms with Crippen molar-refractivity contribution in [2.45, 2.75) is 12.8 Å². The summed E-state index contributed by atoms with van der Waals surface area (Å²) in [5.74, 6) is 1.03. The normalized spacial score (nSPS) is 10.6. The second kappa shape index (κ2) is 5.14. The number of hydrogen-bond donors (Lipinski definition) is 0. The third kappa shape index (κ3) is 2.26. The summed E-state index contributed by atoms with van der Waals surface area (Å²) in [5.41, 5.74) is 3.81. The van der Waals surface area contributed by atoms with Crippen LogP contribution in [0.25, 0.3) is 11.0 Å². The van der Waals surface area contributed by atoms with E-state index in [1.807, 2.05) is 31.4 Å². The highest BCUT2D eigenvalue weighted by Crippen LogP contribution is 2.17. The number of nitriles is 1. The van der Waals surface area contributed by atoms with Gasteiger partial charge in [-0.25, -0.2) is 4.98 Å². The maximum Gasteiger partial charge on any atom is 0.109 e. The van der Waals surface area contributed by atoms with Crippen LogP contribution in [0.15, 0.2) is 42.7 Å².